The molecular weight excluding hydrogens is 234 g/mol. The highest BCUT2D eigenvalue weighted by Gasteiger charge is 2.09. The van der Waals surface area contributed by atoms with Gasteiger partial charge in [-0.05, 0) is 20.8 Å². The fourth-order valence-electron chi connectivity index (χ4n) is 1.07. The fraction of sp³-hybridized carbons (Fsp3) is 0.556. The molecule has 0 aliphatic heterocycles. The number of nitrogens with zero attached hydrogens (tertiary/aromatic N) is 1. The van der Waals surface area contributed by atoms with Crippen LogP contribution in [-0.2, 0) is 11.3 Å². The van der Waals surface area contributed by atoms with E-state index in [1.54, 1.807) is 18.3 Å². The molecule has 0 aromatic carbocycles. The van der Waals surface area contributed by atoms with E-state index < -0.39 is 6.04 Å². The van der Waals surface area contributed by atoms with E-state index in [-0.39, 0.29) is 18.3 Å². The van der Waals surface area contributed by atoms with Gasteiger partial charge in [0, 0.05) is 4.88 Å². The summed E-state index contributed by atoms with van der Waals surface area (Å²) in [5.41, 5.74) is 6.40. The number of amides is 1. The maximum atomic E-state index is 11.2. The van der Waals surface area contributed by atoms with E-state index in [0.717, 1.165) is 15.6 Å². The van der Waals surface area contributed by atoms with Crippen molar-refractivity contribution in [2.24, 2.45) is 5.73 Å². The normalized spacial score (nSPS) is 11.7. The lowest BCUT2D eigenvalue weighted by Crippen LogP contribution is -2.37. The Balaban J connectivity index is 0.00000196. The Hall–Kier alpha value is -0.650. The van der Waals surface area contributed by atoms with Crippen LogP contribution >= 0.6 is 23.7 Å². The molecule has 0 saturated heterocycles. The molecule has 1 amide bonds. The van der Waals surface area contributed by atoms with E-state index >= 15 is 0 Å². The molecule has 0 saturated carbocycles. The van der Waals surface area contributed by atoms with Crippen molar-refractivity contribution in [1.82, 2.24) is 10.3 Å². The second kappa shape index (κ2) is 6.05. The molecular formula is C9H16ClN3OS. The Kier molecular flexibility index (Phi) is 5.79. The Bertz CT molecular complexity index is 338. The highest BCUT2D eigenvalue weighted by molar-refractivity contribution is 7.11. The van der Waals surface area contributed by atoms with Crippen molar-refractivity contribution in [2.75, 3.05) is 0 Å². The predicted octanol–water partition coefficient (Wildman–Crippen LogP) is 1.15. The number of carbonyl (C=O) groups excluding carboxylic acids is 1. The van der Waals surface area contributed by atoms with Gasteiger partial charge in [0.15, 0.2) is 0 Å². The summed E-state index contributed by atoms with van der Waals surface area (Å²) in [6.45, 7) is 6.09. The summed E-state index contributed by atoms with van der Waals surface area (Å²) in [6, 6.07) is -0.454. The van der Waals surface area contributed by atoms with E-state index in [1.807, 2.05) is 13.8 Å². The van der Waals surface area contributed by atoms with Crippen LogP contribution in [0.1, 0.15) is 22.5 Å². The topological polar surface area (TPSA) is 68.0 Å². The minimum atomic E-state index is -0.454. The number of rotatable bonds is 3. The maximum absolute atomic E-state index is 11.2. The van der Waals surface area contributed by atoms with Crippen LogP contribution in [0.2, 0.25) is 0 Å². The van der Waals surface area contributed by atoms with Gasteiger partial charge in [0.1, 0.15) is 0 Å². The SMILES string of the molecule is Cc1nc(C)c(CNC(=O)C(C)N)s1.Cl. The van der Waals surface area contributed by atoms with Crippen molar-refractivity contribution in [1.29, 1.82) is 0 Å². The minimum Gasteiger partial charge on any atom is -0.350 e. The molecule has 6 heteroatoms. The van der Waals surface area contributed by atoms with Crippen LogP contribution in [0.25, 0.3) is 0 Å². The zero-order valence-corrected chi connectivity index (χ0v) is 10.7. The number of hydrogen-bond acceptors (Lipinski definition) is 4. The number of aryl methyl sites for hydroxylation is 2. The van der Waals surface area contributed by atoms with Crippen LogP contribution in [0.3, 0.4) is 0 Å². The van der Waals surface area contributed by atoms with Crippen molar-refractivity contribution < 1.29 is 4.79 Å². The number of halogens is 1. The lowest BCUT2D eigenvalue weighted by molar-refractivity contribution is -0.122. The molecule has 4 nitrogen and oxygen atoms in total. The number of carbonyl (C=O) groups is 1. The summed E-state index contributed by atoms with van der Waals surface area (Å²) in [6.07, 6.45) is 0. The number of nitrogens with two attached hydrogens (primary N) is 1. The zero-order valence-electron chi connectivity index (χ0n) is 9.03. The van der Waals surface area contributed by atoms with Gasteiger partial charge in [0.25, 0.3) is 0 Å². The summed E-state index contributed by atoms with van der Waals surface area (Å²) >= 11 is 1.60. The average Bonchev–Trinajstić information content (AvgIpc) is 2.40. The van der Waals surface area contributed by atoms with Crippen molar-refractivity contribution in [2.45, 2.75) is 33.4 Å². The van der Waals surface area contributed by atoms with Crippen LogP contribution < -0.4 is 11.1 Å². The second-order valence-electron chi connectivity index (χ2n) is 3.25. The van der Waals surface area contributed by atoms with Gasteiger partial charge in [-0.25, -0.2) is 4.98 Å². The minimum absolute atomic E-state index is 0. The van der Waals surface area contributed by atoms with Crippen molar-refractivity contribution >= 4 is 29.7 Å². The lowest BCUT2D eigenvalue weighted by atomic mass is 10.3. The Labute approximate surface area is 99.7 Å². The summed E-state index contributed by atoms with van der Waals surface area (Å²) in [4.78, 5) is 16.5. The fourth-order valence-corrected chi connectivity index (χ4v) is 1.94. The van der Waals surface area contributed by atoms with Gasteiger partial charge < -0.3 is 11.1 Å². The summed E-state index contributed by atoms with van der Waals surface area (Å²) in [7, 11) is 0. The Morgan fingerprint density at radius 2 is 2.20 bits per heavy atom. The average molecular weight is 250 g/mol. The van der Waals surface area contributed by atoms with Gasteiger partial charge >= 0.3 is 0 Å². The molecule has 0 bridgehead atoms. The molecule has 1 unspecified atom stereocenters. The molecule has 86 valence electrons. The lowest BCUT2D eigenvalue weighted by Gasteiger charge is -2.06. The van der Waals surface area contributed by atoms with E-state index in [1.165, 1.54) is 0 Å². The van der Waals surface area contributed by atoms with Gasteiger partial charge in [0.05, 0.1) is 23.3 Å². The van der Waals surface area contributed by atoms with Crippen molar-refractivity contribution in [3.8, 4) is 0 Å². The van der Waals surface area contributed by atoms with E-state index in [2.05, 4.69) is 10.3 Å². The Morgan fingerprint density at radius 1 is 1.60 bits per heavy atom. The number of nitrogens with one attached hydrogen (secondary N) is 1. The highest BCUT2D eigenvalue weighted by atomic mass is 35.5. The number of aromatic nitrogens is 1. The van der Waals surface area contributed by atoms with Crippen LogP contribution in [-0.4, -0.2) is 16.9 Å². The van der Waals surface area contributed by atoms with Crippen LogP contribution in [0.15, 0.2) is 0 Å². The third-order valence-corrected chi connectivity index (χ3v) is 2.91. The molecule has 0 fully saturated rings. The second-order valence-corrected chi connectivity index (χ2v) is 4.54. The first-order valence-corrected chi connectivity index (χ1v) is 5.28. The molecule has 1 atom stereocenters. The van der Waals surface area contributed by atoms with Crippen LogP contribution in [0.5, 0.6) is 0 Å². The molecule has 0 radical (unpaired) electrons. The third-order valence-electron chi connectivity index (χ3n) is 1.84. The molecule has 0 spiro atoms. The summed E-state index contributed by atoms with van der Waals surface area (Å²) in [5, 5.41) is 3.78. The van der Waals surface area contributed by atoms with Gasteiger partial charge in [-0.2, -0.15) is 0 Å². The molecule has 1 aromatic heterocycles. The predicted molar refractivity (Wildman–Crippen MR) is 64.3 cm³/mol. The quantitative estimate of drug-likeness (QED) is 0.844. The molecule has 0 aliphatic rings. The standard InChI is InChI=1S/C9H15N3OS.ClH/c1-5(10)9(13)11-4-8-6(2)12-7(3)14-8;/h5H,4,10H2,1-3H3,(H,11,13);1H. The van der Waals surface area contributed by atoms with Crippen LogP contribution in [0, 0.1) is 13.8 Å². The first kappa shape index (κ1) is 14.3. The molecule has 15 heavy (non-hydrogen) atoms. The molecule has 0 aliphatic carbocycles. The Morgan fingerprint density at radius 3 is 2.60 bits per heavy atom. The smallest absolute Gasteiger partial charge is 0.236 e. The summed E-state index contributed by atoms with van der Waals surface area (Å²) in [5.74, 6) is -0.129. The van der Waals surface area contributed by atoms with Gasteiger partial charge in [-0.1, -0.05) is 0 Å². The zero-order chi connectivity index (χ0) is 10.7. The first-order valence-electron chi connectivity index (χ1n) is 4.47. The maximum Gasteiger partial charge on any atom is 0.236 e. The molecule has 3 N–H and O–H groups in total. The van der Waals surface area contributed by atoms with E-state index in [9.17, 15) is 4.79 Å². The summed E-state index contributed by atoms with van der Waals surface area (Å²) < 4.78 is 0. The van der Waals surface area contributed by atoms with Gasteiger partial charge in [-0.15, -0.1) is 23.7 Å². The molecule has 1 aromatic rings. The number of thiazole rings is 1. The highest BCUT2D eigenvalue weighted by Crippen LogP contribution is 2.16. The van der Waals surface area contributed by atoms with Crippen molar-refractivity contribution in [3.05, 3.63) is 15.6 Å². The largest absolute Gasteiger partial charge is 0.350 e. The first-order chi connectivity index (χ1) is 6.50. The molecule has 1 rings (SSSR count). The third kappa shape index (κ3) is 4.15. The monoisotopic (exact) mass is 249 g/mol. The van der Waals surface area contributed by atoms with Crippen molar-refractivity contribution in [3.63, 3.8) is 0 Å². The van der Waals surface area contributed by atoms with Gasteiger partial charge in [0.2, 0.25) is 5.91 Å². The van der Waals surface area contributed by atoms with E-state index in [4.69, 9.17) is 5.73 Å². The number of hydrogen-bond donors (Lipinski definition) is 2. The van der Waals surface area contributed by atoms with Crippen LogP contribution in [0.4, 0.5) is 0 Å². The van der Waals surface area contributed by atoms with E-state index in [0.29, 0.717) is 6.54 Å². The molecule has 1 heterocycles. The van der Waals surface area contributed by atoms with Gasteiger partial charge in [-0.3, -0.25) is 4.79 Å².